The molecule has 9 heteroatoms. The average molecular weight is 394 g/mol. The zero-order valence-electron chi connectivity index (χ0n) is 15.6. The van der Waals surface area contributed by atoms with Crippen LogP contribution in [0.4, 0.5) is 13.2 Å². The van der Waals surface area contributed by atoms with Crippen LogP contribution in [0.1, 0.15) is 51.5 Å². The van der Waals surface area contributed by atoms with Gasteiger partial charge in [-0.25, -0.2) is 0 Å². The number of H-pyrrole nitrogens is 1. The van der Waals surface area contributed by atoms with E-state index in [1.54, 1.807) is 0 Å². The van der Waals surface area contributed by atoms with Crippen LogP contribution >= 0.6 is 0 Å². The molecule has 6 nitrogen and oxygen atoms in total. The Kier molecular flexibility index (Phi) is 5.44. The number of carbonyl (C=O) groups is 2. The molecule has 2 heterocycles. The van der Waals surface area contributed by atoms with Crippen LogP contribution in [-0.2, 0) is 19.1 Å². The SMILES string of the molecule is CC(C)CNC(=O)c1n[nH]c2c1CN(C(=O)c1ccccc1C(F)(F)F)CC2. The molecule has 0 atom stereocenters. The summed E-state index contributed by atoms with van der Waals surface area (Å²) >= 11 is 0. The summed E-state index contributed by atoms with van der Waals surface area (Å²) in [5.74, 6) is -0.819. The predicted molar refractivity (Wildman–Crippen MR) is 95.6 cm³/mol. The first-order valence-electron chi connectivity index (χ1n) is 8.98. The molecule has 2 N–H and O–H groups in total. The number of alkyl halides is 3. The van der Waals surface area contributed by atoms with E-state index in [1.165, 1.54) is 23.1 Å². The van der Waals surface area contributed by atoms with Gasteiger partial charge in [0.1, 0.15) is 0 Å². The van der Waals surface area contributed by atoms with Crippen LogP contribution < -0.4 is 5.32 Å². The number of benzene rings is 1. The number of nitrogens with zero attached hydrogens (tertiary/aromatic N) is 2. The van der Waals surface area contributed by atoms with Crippen molar-refractivity contribution in [3.05, 3.63) is 52.3 Å². The molecule has 28 heavy (non-hydrogen) atoms. The maximum absolute atomic E-state index is 13.2. The second-order valence-electron chi connectivity index (χ2n) is 7.15. The van der Waals surface area contributed by atoms with E-state index in [0.29, 0.717) is 18.5 Å². The number of nitrogens with one attached hydrogen (secondary N) is 2. The monoisotopic (exact) mass is 394 g/mol. The number of aromatic amines is 1. The van der Waals surface area contributed by atoms with Crippen molar-refractivity contribution >= 4 is 11.8 Å². The number of hydrogen-bond donors (Lipinski definition) is 2. The molecule has 0 saturated heterocycles. The molecular formula is C19H21F3N4O2. The van der Waals surface area contributed by atoms with E-state index in [9.17, 15) is 22.8 Å². The molecule has 1 aromatic carbocycles. The molecule has 1 aromatic heterocycles. The number of amides is 2. The first kappa shape index (κ1) is 19.9. The summed E-state index contributed by atoms with van der Waals surface area (Å²) in [6.45, 7) is 4.66. The zero-order chi connectivity index (χ0) is 20.5. The van der Waals surface area contributed by atoms with Crippen LogP contribution in [0.15, 0.2) is 24.3 Å². The van der Waals surface area contributed by atoms with Crippen molar-refractivity contribution in [2.75, 3.05) is 13.1 Å². The highest BCUT2D eigenvalue weighted by Gasteiger charge is 2.37. The Morgan fingerprint density at radius 3 is 2.68 bits per heavy atom. The lowest BCUT2D eigenvalue weighted by atomic mass is 10.0. The molecule has 3 rings (SSSR count). The zero-order valence-corrected chi connectivity index (χ0v) is 15.6. The molecule has 150 valence electrons. The van der Waals surface area contributed by atoms with Gasteiger partial charge >= 0.3 is 6.18 Å². The topological polar surface area (TPSA) is 78.1 Å². The summed E-state index contributed by atoms with van der Waals surface area (Å²) in [6, 6.07) is 4.72. The minimum atomic E-state index is -4.62. The van der Waals surface area contributed by atoms with E-state index in [1.807, 2.05) is 13.8 Å². The number of carbonyl (C=O) groups excluding carboxylic acids is 2. The van der Waals surface area contributed by atoms with Gasteiger partial charge in [0.05, 0.1) is 17.7 Å². The summed E-state index contributed by atoms with van der Waals surface area (Å²) in [4.78, 5) is 26.5. The lowest BCUT2D eigenvalue weighted by molar-refractivity contribution is -0.138. The molecule has 2 amide bonds. The maximum Gasteiger partial charge on any atom is 0.417 e. The summed E-state index contributed by atoms with van der Waals surface area (Å²) in [7, 11) is 0. The number of rotatable bonds is 4. The number of aromatic nitrogens is 2. The fraction of sp³-hybridized carbons (Fsp3) is 0.421. The van der Waals surface area contributed by atoms with Crippen molar-refractivity contribution < 1.29 is 22.8 Å². The fourth-order valence-corrected chi connectivity index (χ4v) is 3.12. The van der Waals surface area contributed by atoms with Gasteiger partial charge in [-0.2, -0.15) is 18.3 Å². The first-order valence-corrected chi connectivity index (χ1v) is 8.98. The van der Waals surface area contributed by atoms with Crippen LogP contribution in [0.2, 0.25) is 0 Å². The summed E-state index contributed by atoms with van der Waals surface area (Å²) < 4.78 is 39.7. The predicted octanol–water partition coefficient (Wildman–Crippen LogP) is 3.01. The molecule has 0 unspecified atom stereocenters. The van der Waals surface area contributed by atoms with Crippen LogP contribution in [0.5, 0.6) is 0 Å². The summed E-state index contributed by atoms with van der Waals surface area (Å²) in [6.07, 6.45) is -4.23. The quantitative estimate of drug-likeness (QED) is 0.837. The van der Waals surface area contributed by atoms with Gasteiger partial charge in [-0.1, -0.05) is 26.0 Å². The second kappa shape index (κ2) is 7.65. The number of hydrogen-bond acceptors (Lipinski definition) is 3. The molecule has 0 bridgehead atoms. The Labute approximate surface area is 160 Å². The summed E-state index contributed by atoms with van der Waals surface area (Å²) in [5.41, 5.74) is 0.0890. The standard InChI is InChI=1S/C19H21F3N4O2/c1-11(2)9-23-17(27)16-13-10-26(8-7-15(13)24-25-16)18(28)12-5-3-4-6-14(12)19(20,21)22/h3-6,11H,7-10H2,1-2H3,(H,23,27)(H,24,25). The number of fused-ring (bicyclic) bond motifs is 1. The van der Waals surface area contributed by atoms with Gasteiger partial charge < -0.3 is 10.2 Å². The third-order valence-electron chi connectivity index (χ3n) is 4.57. The molecule has 0 spiro atoms. The van der Waals surface area contributed by atoms with E-state index in [0.717, 1.165) is 11.8 Å². The fourth-order valence-electron chi connectivity index (χ4n) is 3.12. The van der Waals surface area contributed by atoms with Crippen molar-refractivity contribution in [2.24, 2.45) is 5.92 Å². The number of halogens is 3. The van der Waals surface area contributed by atoms with Crippen LogP contribution in [0.25, 0.3) is 0 Å². The minimum Gasteiger partial charge on any atom is -0.350 e. The van der Waals surface area contributed by atoms with E-state index in [2.05, 4.69) is 15.5 Å². The molecule has 1 aliphatic heterocycles. The van der Waals surface area contributed by atoms with Gasteiger partial charge in [0.15, 0.2) is 5.69 Å². The van der Waals surface area contributed by atoms with E-state index < -0.39 is 23.2 Å². The van der Waals surface area contributed by atoms with Crippen molar-refractivity contribution in [1.82, 2.24) is 20.4 Å². The van der Waals surface area contributed by atoms with Crippen LogP contribution in [0.3, 0.4) is 0 Å². The first-order chi connectivity index (χ1) is 13.2. The second-order valence-corrected chi connectivity index (χ2v) is 7.15. The van der Waals surface area contributed by atoms with Gasteiger partial charge in [-0.15, -0.1) is 0 Å². The van der Waals surface area contributed by atoms with E-state index >= 15 is 0 Å². The van der Waals surface area contributed by atoms with Gasteiger partial charge in [0.25, 0.3) is 11.8 Å². The normalized spacial score (nSPS) is 14.1. The Balaban J connectivity index is 1.83. The Morgan fingerprint density at radius 2 is 2.00 bits per heavy atom. The van der Waals surface area contributed by atoms with Gasteiger partial charge in [-0.05, 0) is 18.1 Å². The molecular weight excluding hydrogens is 373 g/mol. The lowest BCUT2D eigenvalue weighted by Gasteiger charge is -2.28. The largest absolute Gasteiger partial charge is 0.417 e. The van der Waals surface area contributed by atoms with Crippen LogP contribution in [-0.4, -0.2) is 40.0 Å². The van der Waals surface area contributed by atoms with Crippen molar-refractivity contribution in [3.63, 3.8) is 0 Å². The third kappa shape index (κ3) is 4.02. The van der Waals surface area contributed by atoms with Crippen molar-refractivity contribution in [2.45, 2.75) is 33.0 Å². The highest BCUT2D eigenvalue weighted by molar-refractivity contribution is 5.97. The van der Waals surface area contributed by atoms with Crippen molar-refractivity contribution in [3.8, 4) is 0 Å². The average Bonchev–Trinajstić information content (AvgIpc) is 3.08. The molecule has 0 fully saturated rings. The third-order valence-corrected chi connectivity index (χ3v) is 4.57. The van der Waals surface area contributed by atoms with Gasteiger partial charge in [0, 0.05) is 30.8 Å². The van der Waals surface area contributed by atoms with Crippen molar-refractivity contribution in [1.29, 1.82) is 0 Å². The Bertz CT molecular complexity index is 890. The molecule has 0 radical (unpaired) electrons. The van der Waals surface area contributed by atoms with Gasteiger partial charge in [0.2, 0.25) is 0 Å². The minimum absolute atomic E-state index is 0.0291. The summed E-state index contributed by atoms with van der Waals surface area (Å²) in [5, 5.41) is 9.61. The van der Waals surface area contributed by atoms with E-state index in [4.69, 9.17) is 0 Å². The molecule has 0 saturated carbocycles. The van der Waals surface area contributed by atoms with Gasteiger partial charge in [-0.3, -0.25) is 14.7 Å². The maximum atomic E-state index is 13.2. The highest BCUT2D eigenvalue weighted by Crippen LogP contribution is 2.33. The Morgan fingerprint density at radius 1 is 1.29 bits per heavy atom. The Hall–Kier alpha value is -2.84. The molecule has 1 aliphatic rings. The molecule has 2 aromatic rings. The molecule has 0 aliphatic carbocycles. The van der Waals surface area contributed by atoms with E-state index in [-0.39, 0.29) is 30.6 Å². The highest BCUT2D eigenvalue weighted by atomic mass is 19.4. The lowest BCUT2D eigenvalue weighted by Crippen LogP contribution is -2.38. The van der Waals surface area contributed by atoms with Crippen LogP contribution in [0, 0.1) is 5.92 Å². The smallest absolute Gasteiger partial charge is 0.350 e.